The predicted octanol–water partition coefficient (Wildman–Crippen LogP) is 2.17. The summed E-state index contributed by atoms with van der Waals surface area (Å²) >= 11 is 0. The lowest BCUT2D eigenvalue weighted by molar-refractivity contribution is -0.131. The quantitative estimate of drug-likeness (QED) is 0.792. The second kappa shape index (κ2) is 6.90. The van der Waals surface area contributed by atoms with E-state index in [0.29, 0.717) is 24.3 Å². The molecule has 0 saturated carbocycles. The van der Waals surface area contributed by atoms with Crippen molar-refractivity contribution in [1.82, 2.24) is 10.2 Å². The van der Waals surface area contributed by atoms with Gasteiger partial charge in [0.15, 0.2) is 0 Å². The average Bonchev–Trinajstić information content (AvgIpc) is 2.78. The van der Waals surface area contributed by atoms with Gasteiger partial charge in [0.2, 0.25) is 11.8 Å². The molecule has 130 valence electrons. The number of benzene rings is 1. The maximum Gasteiger partial charge on any atom is 0.319 e. The van der Waals surface area contributed by atoms with Crippen LogP contribution >= 0.6 is 0 Å². The Morgan fingerprint density at radius 3 is 2.33 bits per heavy atom. The van der Waals surface area contributed by atoms with Crippen molar-refractivity contribution in [2.75, 3.05) is 17.2 Å². The van der Waals surface area contributed by atoms with E-state index in [1.54, 1.807) is 29.2 Å². The first-order valence-corrected chi connectivity index (χ1v) is 7.91. The molecule has 2 rings (SSSR count). The van der Waals surface area contributed by atoms with Gasteiger partial charge in [-0.2, -0.15) is 0 Å². The first kappa shape index (κ1) is 17.8. The maximum absolute atomic E-state index is 12.1. The van der Waals surface area contributed by atoms with Crippen molar-refractivity contribution in [1.29, 1.82) is 0 Å². The van der Waals surface area contributed by atoms with Crippen LogP contribution in [0.15, 0.2) is 24.3 Å². The summed E-state index contributed by atoms with van der Waals surface area (Å²) in [5.41, 5.74) is 0.919. The van der Waals surface area contributed by atoms with Gasteiger partial charge in [-0.3, -0.25) is 9.59 Å². The molecule has 7 heteroatoms. The zero-order valence-electron chi connectivity index (χ0n) is 14.5. The van der Waals surface area contributed by atoms with E-state index in [1.807, 2.05) is 20.8 Å². The van der Waals surface area contributed by atoms with Crippen LogP contribution in [0.25, 0.3) is 0 Å². The standard InChI is InChI=1S/C17H24N4O3/c1-11(22)18-12-6-5-7-13(8-12)19-16(24)20-14-9-15(23)21(10-14)17(2,3)4/h5-8,14H,9-10H2,1-4H3,(H,18,22)(H2,19,20,24). The smallest absolute Gasteiger partial charge is 0.319 e. The van der Waals surface area contributed by atoms with E-state index < -0.39 is 0 Å². The van der Waals surface area contributed by atoms with Crippen LogP contribution in [0.2, 0.25) is 0 Å². The van der Waals surface area contributed by atoms with E-state index in [4.69, 9.17) is 0 Å². The third-order valence-corrected chi connectivity index (χ3v) is 3.71. The van der Waals surface area contributed by atoms with E-state index in [9.17, 15) is 14.4 Å². The Morgan fingerprint density at radius 1 is 1.17 bits per heavy atom. The van der Waals surface area contributed by atoms with Gasteiger partial charge in [0.05, 0.1) is 6.04 Å². The number of hydrogen-bond acceptors (Lipinski definition) is 3. The number of hydrogen-bond donors (Lipinski definition) is 3. The molecule has 1 aliphatic heterocycles. The molecule has 1 aromatic rings. The summed E-state index contributed by atoms with van der Waals surface area (Å²) in [5.74, 6) is -0.135. The Balaban J connectivity index is 1.92. The lowest BCUT2D eigenvalue weighted by atomic mass is 10.1. The summed E-state index contributed by atoms with van der Waals surface area (Å²) in [4.78, 5) is 37.0. The Bertz CT molecular complexity index is 651. The van der Waals surface area contributed by atoms with Crippen molar-refractivity contribution in [2.24, 2.45) is 0 Å². The number of carbonyl (C=O) groups excluding carboxylic acids is 3. The van der Waals surface area contributed by atoms with Gasteiger partial charge < -0.3 is 20.9 Å². The summed E-state index contributed by atoms with van der Waals surface area (Å²) in [7, 11) is 0. The third kappa shape index (κ3) is 4.71. The third-order valence-electron chi connectivity index (χ3n) is 3.71. The van der Waals surface area contributed by atoms with Crippen LogP contribution < -0.4 is 16.0 Å². The monoisotopic (exact) mass is 332 g/mol. The Labute approximate surface area is 141 Å². The highest BCUT2D eigenvalue weighted by Gasteiger charge is 2.36. The molecule has 1 fully saturated rings. The van der Waals surface area contributed by atoms with E-state index in [2.05, 4.69) is 16.0 Å². The molecular weight excluding hydrogens is 308 g/mol. The van der Waals surface area contributed by atoms with E-state index in [1.165, 1.54) is 6.92 Å². The summed E-state index contributed by atoms with van der Waals surface area (Å²) in [5, 5.41) is 8.20. The molecule has 0 bridgehead atoms. The molecule has 0 aliphatic carbocycles. The normalized spacial score (nSPS) is 17.6. The Morgan fingerprint density at radius 2 is 1.79 bits per heavy atom. The van der Waals surface area contributed by atoms with Crippen LogP contribution in [0, 0.1) is 0 Å². The zero-order chi connectivity index (χ0) is 17.9. The number of rotatable bonds is 3. The summed E-state index contributed by atoms with van der Waals surface area (Å²) in [6.45, 7) is 7.84. The van der Waals surface area contributed by atoms with E-state index in [-0.39, 0.29) is 29.4 Å². The van der Waals surface area contributed by atoms with Gasteiger partial charge in [-0.05, 0) is 39.0 Å². The van der Waals surface area contributed by atoms with Crippen molar-refractivity contribution >= 4 is 29.2 Å². The molecule has 7 nitrogen and oxygen atoms in total. The lowest BCUT2D eigenvalue weighted by Crippen LogP contribution is -2.45. The van der Waals surface area contributed by atoms with Crippen molar-refractivity contribution < 1.29 is 14.4 Å². The maximum atomic E-state index is 12.1. The van der Waals surface area contributed by atoms with Crippen molar-refractivity contribution in [2.45, 2.75) is 45.7 Å². The van der Waals surface area contributed by atoms with Crippen molar-refractivity contribution in [3.8, 4) is 0 Å². The average molecular weight is 332 g/mol. The summed E-state index contributed by atoms with van der Waals surface area (Å²) in [6.07, 6.45) is 0.302. The number of nitrogens with zero attached hydrogens (tertiary/aromatic N) is 1. The van der Waals surface area contributed by atoms with Crippen LogP contribution in [-0.4, -0.2) is 40.9 Å². The SMILES string of the molecule is CC(=O)Nc1cccc(NC(=O)NC2CC(=O)N(C(C)(C)C)C2)c1. The molecular formula is C17H24N4O3. The molecule has 24 heavy (non-hydrogen) atoms. The number of amides is 4. The topological polar surface area (TPSA) is 90.5 Å². The van der Waals surface area contributed by atoms with Gasteiger partial charge in [-0.15, -0.1) is 0 Å². The fourth-order valence-electron chi connectivity index (χ4n) is 2.68. The molecule has 0 spiro atoms. The lowest BCUT2D eigenvalue weighted by Gasteiger charge is -2.32. The van der Waals surface area contributed by atoms with Crippen LogP contribution in [-0.2, 0) is 9.59 Å². The number of anilines is 2. The molecule has 1 saturated heterocycles. The second-order valence-electron chi connectivity index (χ2n) is 6.94. The first-order chi connectivity index (χ1) is 11.1. The molecule has 1 heterocycles. The van der Waals surface area contributed by atoms with Gasteiger partial charge in [0, 0.05) is 36.8 Å². The molecule has 0 aromatic heterocycles. The van der Waals surface area contributed by atoms with Crippen molar-refractivity contribution in [3.63, 3.8) is 0 Å². The minimum Gasteiger partial charge on any atom is -0.336 e. The van der Waals surface area contributed by atoms with Crippen LogP contribution in [0.3, 0.4) is 0 Å². The van der Waals surface area contributed by atoms with Crippen LogP contribution in [0.4, 0.5) is 16.2 Å². The van der Waals surface area contributed by atoms with Gasteiger partial charge in [-0.1, -0.05) is 6.07 Å². The highest BCUT2D eigenvalue weighted by Crippen LogP contribution is 2.22. The van der Waals surface area contributed by atoms with Crippen LogP contribution in [0.1, 0.15) is 34.1 Å². The largest absolute Gasteiger partial charge is 0.336 e. The second-order valence-corrected chi connectivity index (χ2v) is 6.94. The number of nitrogens with one attached hydrogen (secondary N) is 3. The molecule has 3 N–H and O–H groups in total. The highest BCUT2D eigenvalue weighted by atomic mass is 16.2. The fraction of sp³-hybridized carbons (Fsp3) is 0.471. The summed E-state index contributed by atoms with van der Waals surface area (Å²) in [6, 6.07) is 6.29. The van der Waals surface area contributed by atoms with Gasteiger partial charge in [0.25, 0.3) is 0 Å². The summed E-state index contributed by atoms with van der Waals surface area (Å²) < 4.78 is 0. The Kier molecular flexibility index (Phi) is 5.11. The fourth-order valence-corrected chi connectivity index (χ4v) is 2.68. The van der Waals surface area contributed by atoms with Crippen LogP contribution in [0.5, 0.6) is 0 Å². The number of likely N-dealkylation sites (tertiary alicyclic amines) is 1. The molecule has 1 unspecified atom stereocenters. The number of carbonyl (C=O) groups is 3. The van der Waals surface area contributed by atoms with Gasteiger partial charge in [-0.25, -0.2) is 4.79 Å². The van der Waals surface area contributed by atoms with E-state index in [0.717, 1.165) is 0 Å². The molecule has 4 amide bonds. The highest BCUT2D eigenvalue weighted by molar-refractivity contribution is 5.93. The van der Waals surface area contributed by atoms with Gasteiger partial charge in [0.1, 0.15) is 0 Å². The molecule has 1 aromatic carbocycles. The van der Waals surface area contributed by atoms with E-state index >= 15 is 0 Å². The zero-order valence-corrected chi connectivity index (χ0v) is 14.5. The Hall–Kier alpha value is -2.57. The molecule has 1 atom stereocenters. The molecule has 0 radical (unpaired) electrons. The minimum atomic E-state index is -0.372. The minimum absolute atomic E-state index is 0.0421. The first-order valence-electron chi connectivity index (χ1n) is 7.91. The molecule has 1 aliphatic rings. The van der Waals surface area contributed by atoms with Gasteiger partial charge >= 0.3 is 6.03 Å². The predicted molar refractivity (Wildman–Crippen MR) is 92.8 cm³/mol. The van der Waals surface area contributed by atoms with Crippen molar-refractivity contribution in [3.05, 3.63) is 24.3 Å². The number of urea groups is 1.